The van der Waals surface area contributed by atoms with Crippen molar-refractivity contribution in [1.29, 1.82) is 10.5 Å². The Kier molecular flexibility index (Phi) is 4.22. The van der Waals surface area contributed by atoms with Crippen LogP contribution in [-0.2, 0) is 6.42 Å². The van der Waals surface area contributed by atoms with Crippen molar-refractivity contribution in [3.63, 3.8) is 0 Å². The van der Waals surface area contributed by atoms with Gasteiger partial charge in [0.05, 0.1) is 11.1 Å². The molecule has 5 heteroatoms. The van der Waals surface area contributed by atoms with Crippen molar-refractivity contribution >= 4 is 5.82 Å². The molecule has 0 saturated carbocycles. The van der Waals surface area contributed by atoms with Crippen LogP contribution >= 0.6 is 0 Å². The Labute approximate surface area is 120 Å². The Morgan fingerprint density at radius 2 is 2.15 bits per heavy atom. The molecule has 2 rings (SSSR count). The lowest BCUT2D eigenvalue weighted by atomic mass is 10.0. The molecule has 1 aromatic rings. The predicted molar refractivity (Wildman–Crippen MR) is 77.4 cm³/mol. The van der Waals surface area contributed by atoms with E-state index in [1.165, 1.54) is 0 Å². The zero-order valence-corrected chi connectivity index (χ0v) is 12.2. The van der Waals surface area contributed by atoms with E-state index in [0.29, 0.717) is 23.6 Å². The van der Waals surface area contributed by atoms with E-state index in [1.54, 1.807) is 6.20 Å². The van der Waals surface area contributed by atoms with Gasteiger partial charge in [0.2, 0.25) is 0 Å². The molecule has 0 bridgehead atoms. The average Bonchev–Trinajstić information content (AvgIpc) is 2.95. The fourth-order valence-electron chi connectivity index (χ4n) is 2.71. The SMILES string of the molecule is CCc1c(C#N)cnc(N2CC[C@@H](N(C)C)C2)c1C#N. The van der Waals surface area contributed by atoms with Crippen molar-refractivity contribution in [2.45, 2.75) is 25.8 Å². The lowest BCUT2D eigenvalue weighted by Crippen LogP contribution is -2.32. The largest absolute Gasteiger partial charge is 0.354 e. The number of nitriles is 2. The molecule has 1 aromatic heterocycles. The van der Waals surface area contributed by atoms with Gasteiger partial charge in [-0.1, -0.05) is 6.92 Å². The van der Waals surface area contributed by atoms with Gasteiger partial charge >= 0.3 is 0 Å². The molecule has 0 amide bonds. The van der Waals surface area contributed by atoms with Gasteiger partial charge in [-0.2, -0.15) is 10.5 Å². The molecule has 1 saturated heterocycles. The molecule has 0 aliphatic carbocycles. The van der Waals surface area contributed by atoms with E-state index in [9.17, 15) is 5.26 Å². The average molecular weight is 269 g/mol. The third-order valence-corrected chi connectivity index (χ3v) is 3.95. The summed E-state index contributed by atoms with van der Waals surface area (Å²) < 4.78 is 0. The van der Waals surface area contributed by atoms with Gasteiger partial charge in [0.25, 0.3) is 0 Å². The fraction of sp³-hybridized carbons (Fsp3) is 0.533. The lowest BCUT2D eigenvalue weighted by Gasteiger charge is -2.22. The summed E-state index contributed by atoms with van der Waals surface area (Å²) >= 11 is 0. The molecule has 0 spiro atoms. The van der Waals surface area contributed by atoms with Crippen LogP contribution in [0.2, 0.25) is 0 Å². The second-order valence-electron chi connectivity index (χ2n) is 5.28. The smallest absolute Gasteiger partial charge is 0.146 e. The summed E-state index contributed by atoms with van der Waals surface area (Å²) in [6.45, 7) is 3.75. The normalized spacial score (nSPS) is 18.1. The van der Waals surface area contributed by atoms with E-state index in [1.807, 2.05) is 6.92 Å². The minimum atomic E-state index is 0.490. The van der Waals surface area contributed by atoms with Gasteiger partial charge in [0.1, 0.15) is 18.0 Å². The van der Waals surface area contributed by atoms with Gasteiger partial charge in [-0.25, -0.2) is 4.98 Å². The molecule has 0 radical (unpaired) electrons. The quantitative estimate of drug-likeness (QED) is 0.832. The van der Waals surface area contributed by atoms with Crippen LogP contribution in [0, 0.1) is 22.7 Å². The van der Waals surface area contributed by atoms with Crippen LogP contribution in [0.5, 0.6) is 0 Å². The van der Waals surface area contributed by atoms with Crippen molar-refractivity contribution in [3.8, 4) is 12.1 Å². The summed E-state index contributed by atoms with van der Waals surface area (Å²) in [5.74, 6) is 0.729. The first-order valence-electron chi connectivity index (χ1n) is 6.85. The van der Waals surface area contributed by atoms with Crippen molar-refractivity contribution in [1.82, 2.24) is 9.88 Å². The van der Waals surface area contributed by atoms with Crippen LogP contribution in [-0.4, -0.2) is 43.1 Å². The standard InChI is InChI=1S/C15H19N5/c1-4-13-11(7-16)9-18-15(14(13)8-17)20-6-5-12(10-20)19(2)3/h9,12H,4-6,10H2,1-3H3/t12-/m1/s1. The van der Waals surface area contributed by atoms with Crippen LogP contribution in [0.25, 0.3) is 0 Å². The Hall–Kier alpha value is -2.11. The van der Waals surface area contributed by atoms with Gasteiger partial charge < -0.3 is 9.80 Å². The maximum Gasteiger partial charge on any atom is 0.146 e. The second kappa shape index (κ2) is 5.90. The Bertz CT molecular complexity index is 579. The first-order chi connectivity index (χ1) is 9.62. The van der Waals surface area contributed by atoms with E-state index >= 15 is 0 Å². The number of anilines is 1. The first-order valence-corrected chi connectivity index (χ1v) is 6.85. The minimum Gasteiger partial charge on any atom is -0.354 e. The van der Waals surface area contributed by atoms with Crippen molar-refractivity contribution in [2.75, 3.05) is 32.1 Å². The first kappa shape index (κ1) is 14.3. The van der Waals surface area contributed by atoms with Crippen LogP contribution in [0.1, 0.15) is 30.0 Å². The van der Waals surface area contributed by atoms with Crippen molar-refractivity contribution < 1.29 is 0 Å². The molecule has 104 valence electrons. The summed E-state index contributed by atoms with van der Waals surface area (Å²) in [5.41, 5.74) is 1.88. The molecule has 0 unspecified atom stereocenters. The third-order valence-electron chi connectivity index (χ3n) is 3.95. The number of nitrogens with zero attached hydrogens (tertiary/aromatic N) is 5. The maximum atomic E-state index is 9.45. The molecule has 1 fully saturated rings. The molecule has 1 aliphatic heterocycles. The third kappa shape index (κ3) is 2.45. The highest BCUT2D eigenvalue weighted by atomic mass is 15.3. The van der Waals surface area contributed by atoms with Crippen molar-refractivity contribution in [2.24, 2.45) is 0 Å². The van der Waals surface area contributed by atoms with Crippen molar-refractivity contribution in [3.05, 3.63) is 22.9 Å². The van der Waals surface area contributed by atoms with E-state index in [0.717, 1.165) is 30.9 Å². The number of aromatic nitrogens is 1. The van der Waals surface area contributed by atoms with Gasteiger partial charge in [0.15, 0.2) is 0 Å². The molecule has 1 atom stereocenters. The van der Waals surface area contributed by atoms with E-state index in [4.69, 9.17) is 5.26 Å². The molecule has 5 nitrogen and oxygen atoms in total. The van der Waals surface area contributed by atoms with Gasteiger partial charge in [-0.05, 0) is 32.5 Å². The van der Waals surface area contributed by atoms with Crippen LogP contribution in [0.4, 0.5) is 5.82 Å². The van der Waals surface area contributed by atoms with E-state index < -0.39 is 0 Å². The Morgan fingerprint density at radius 1 is 1.40 bits per heavy atom. The number of pyridine rings is 1. The molecule has 0 N–H and O–H groups in total. The minimum absolute atomic E-state index is 0.490. The monoisotopic (exact) mass is 269 g/mol. The van der Waals surface area contributed by atoms with Gasteiger partial charge in [0, 0.05) is 25.3 Å². The number of likely N-dealkylation sites (N-methyl/N-ethyl adjacent to an activating group) is 1. The summed E-state index contributed by atoms with van der Waals surface area (Å²) in [6.07, 6.45) is 3.34. The van der Waals surface area contributed by atoms with E-state index in [2.05, 4.69) is 41.0 Å². The Morgan fingerprint density at radius 3 is 2.65 bits per heavy atom. The highest BCUT2D eigenvalue weighted by molar-refractivity contribution is 5.62. The lowest BCUT2D eigenvalue weighted by molar-refractivity contribution is 0.315. The van der Waals surface area contributed by atoms with Gasteiger partial charge in [-0.3, -0.25) is 0 Å². The highest BCUT2D eigenvalue weighted by Crippen LogP contribution is 2.27. The van der Waals surface area contributed by atoms with E-state index in [-0.39, 0.29) is 0 Å². The highest BCUT2D eigenvalue weighted by Gasteiger charge is 2.27. The molecular formula is C15H19N5. The number of hydrogen-bond acceptors (Lipinski definition) is 5. The summed E-state index contributed by atoms with van der Waals surface area (Å²) in [6, 6.07) is 4.86. The zero-order chi connectivity index (χ0) is 14.7. The summed E-state index contributed by atoms with van der Waals surface area (Å²) in [4.78, 5) is 8.73. The second-order valence-corrected chi connectivity index (χ2v) is 5.28. The molecule has 2 heterocycles. The summed E-state index contributed by atoms with van der Waals surface area (Å²) in [5, 5.41) is 18.6. The Balaban J connectivity index is 2.39. The fourth-order valence-corrected chi connectivity index (χ4v) is 2.71. The molecule has 0 aromatic carbocycles. The van der Waals surface area contributed by atoms with Crippen LogP contribution in [0.3, 0.4) is 0 Å². The molecule has 1 aliphatic rings. The van der Waals surface area contributed by atoms with Gasteiger partial charge in [-0.15, -0.1) is 0 Å². The zero-order valence-electron chi connectivity index (χ0n) is 12.2. The number of hydrogen-bond donors (Lipinski definition) is 0. The van der Waals surface area contributed by atoms with Crippen LogP contribution in [0.15, 0.2) is 6.20 Å². The predicted octanol–water partition coefficient (Wildman–Crippen LogP) is 1.53. The summed E-state index contributed by atoms with van der Waals surface area (Å²) in [7, 11) is 4.14. The van der Waals surface area contributed by atoms with Crippen LogP contribution < -0.4 is 4.90 Å². The topological polar surface area (TPSA) is 67.0 Å². The number of rotatable bonds is 3. The molecule has 20 heavy (non-hydrogen) atoms. The maximum absolute atomic E-state index is 9.45. The molecular weight excluding hydrogens is 250 g/mol.